The molecule has 20 heavy (non-hydrogen) atoms. The highest BCUT2D eigenvalue weighted by Gasteiger charge is 2.17. The zero-order valence-electron chi connectivity index (χ0n) is 10.7. The van der Waals surface area contributed by atoms with Crippen molar-refractivity contribution in [3.63, 3.8) is 0 Å². The second-order valence-electron chi connectivity index (χ2n) is 4.22. The maximum absolute atomic E-state index is 13.3. The zero-order chi connectivity index (χ0) is 14.9. The molecular formula is C12H11FN4O3. The number of nitrogens with zero attached hydrogens (tertiary/aromatic N) is 2. The Labute approximate surface area is 113 Å². The van der Waals surface area contributed by atoms with Crippen molar-refractivity contribution < 1.29 is 14.1 Å². The fourth-order valence-electron chi connectivity index (χ4n) is 1.73. The van der Waals surface area contributed by atoms with E-state index in [1.54, 1.807) is 13.8 Å². The summed E-state index contributed by atoms with van der Waals surface area (Å²) in [6.07, 6.45) is 0. The zero-order valence-corrected chi connectivity index (χ0v) is 10.7. The van der Waals surface area contributed by atoms with Crippen LogP contribution >= 0.6 is 0 Å². The molecule has 0 bridgehead atoms. The lowest BCUT2D eigenvalue weighted by Gasteiger charge is -2.05. The number of nitro groups is 1. The van der Waals surface area contributed by atoms with Gasteiger partial charge in [0.1, 0.15) is 5.82 Å². The Hall–Kier alpha value is -2.77. The molecule has 2 N–H and O–H groups in total. The molecule has 1 amide bonds. The smallest absolute Gasteiger partial charge is 0.273 e. The van der Waals surface area contributed by atoms with E-state index in [0.717, 1.165) is 18.2 Å². The number of aromatic nitrogens is 2. The SMILES string of the molecule is Cc1n[nH]c(C)c1NC(=O)c1cc(F)cc([N+](=O)[O-])c1. The molecule has 1 aromatic carbocycles. The monoisotopic (exact) mass is 278 g/mol. The van der Waals surface area contributed by atoms with Gasteiger partial charge in [0.15, 0.2) is 0 Å². The average Bonchev–Trinajstić information content (AvgIpc) is 2.69. The first-order chi connectivity index (χ1) is 9.38. The van der Waals surface area contributed by atoms with E-state index in [1.165, 1.54) is 0 Å². The third kappa shape index (κ3) is 2.63. The number of non-ortho nitro benzene ring substituents is 1. The number of carbonyl (C=O) groups is 1. The van der Waals surface area contributed by atoms with Crippen LogP contribution in [0.15, 0.2) is 18.2 Å². The number of aromatic amines is 1. The normalized spacial score (nSPS) is 10.3. The molecule has 104 valence electrons. The van der Waals surface area contributed by atoms with Gasteiger partial charge in [-0.15, -0.1) is 0 Å². The summed E-state index contributed by atoms with van der Waals surface area (Å²) < 4.78 is 13.3. The van der Waals surface area contributed by atoms with Gasteiger partial charge in [0.05, 0.1) is 28.1 Å². The molecule has 0 aliphatic carbocycles. The second kappa shape index (κ2) is 5.08. The molecule has 0 saturated carbocycles. The number of carbonyl (C=O) groups excluding carboxylic acids is 1. The van der Waals surface area contributed by atoms with Crippen LogP contribution in [0, 0.1) is 29.8 Å². The number of H-pyrrole nitrogens is 1. The van der Waals surface area contributed by atoms with Crippen LogP contribution < -0.4 is 5.32 Å². The standard InChI is InChI=1S/C12H11FN4O3/c1-6-11(7(2)16-15-6)14-12(18)8-3-9(13)5-10(4-8)17(19)20/h3-5H,1-2H3,(H,14,18)(H,15,16). The van der Waals surface area contributed by atoms with Gasteiger partial charge in [-0.05, 0) is 19.9 Å². The van der Waals surface area contributed by atoms with E-state index in [4.69, 9.17) is 0 Å². The molecule has 1 aromatic heterocycles. The Balaban J connectivity index is 2.32. The molecule has 0 fully saturated rings. The summed E-state index contributed by atoms with van der Waals surface area (Å²) in [6, 6.07) is 2.71. The van der Waals surface area contributed by atoms with Crippen molar-refractivity contribution in [1.29, 1.82) is 0 Å². The molecule has 8 heteroatoms. The minimum absolute atomic E-state index is 0.128. The number of anilines is 1. The highest BCUT2D eigenvalue weighted by atomic mass is 19.1. The fourth-order valence-corrected chi connectivity index (χ4v) is 1.73. The highest BCUT2D eigenvalue weighted by Crippen LogP contribution is 2.20. The van der Waals surface area contributed by atoms with E-state index in [1.807, 2.05) is 0 Å². The summed E-state index contributed by atoms with van der Waals surface area (Å²) in [4.78, 5) is 21.9. The van der Waals surface area contributed by atoms with E-state index in [9.17, 15) is 19.3 Å². The number of nitrogens with one attached hydrogen (secondary N) is 2. The number of hydrogen-bond donors (Lipinski definition) is 2. The summed E-state index contributed by atoms with van der Waals surface area (Å²) in [5, 5.41) is 19.8. The molecule has 2 aromatic rings. The number of amides is 1. The minimum Gasteiger partial charge on any atom is -0.319 e. The molecule has 7 nitrogen and oxygen atoms in total. The van der Waals surface area contributed by atoms with E-state index in [0.29, 0.717) is 17.1 Å². The lowest BCUT2D eigenvalue weighted by atomic mass is 10.1. The first-order valence-electron chi connectivity index (χ1n) is 5.66. The Morgan fingerprint density at radius 3 is 2.65 bits per heavy atom. The molecule has 0 aliphatic heterocycles. The van der Waals surface area contributed by atoms with Gasteiger partial charge in [0.25, 0.3) is 11.6 Å². The van der Waals surface area contributed by atoms with Crippen LogP contribution in [-0.4, -0.2) is 21.0 Å². The van der Waals surface area contributed by atoms with Gasteiger partial charge in [0, 0.05) is 11.6 Å². The first kappa shape index (κ1) is 13.7. The molecule has 1 heterocycles. The van der Waals surface area contributed by atoms with Crippen LogP contribution in [0.3, 0.4) is 0 Å². The first-order valence-corrected chi connectivity index (χ1v) is 5.66. The molecular weight excluding hydrogens is 267 g/mol. The Morgan fingerprint density at radius 1 is 1.40 bits per heavy atom. The molecule has 0 aliphatic rings. The minimum atomic E-state index is -0.843. The average molecular weight is 278 g/mol. The number of halogens is 1. The van der Waals surface area contributed by atoms with Gasteiger partial charge >= 0.3 is 0 Å². The molecule has 0 radical (unpaired) electrons. The van der Waals surface area contributed by atoms with E-state index < -0.39 is 22.3 Å². The van der Waals surface area contributed by atoms with Crippen LogP contribution in [0.1, 0.15) is 21.7 Å². The Kier molecular flexibility index (Phi) is 3.47. The summed E-state index contributed by atoms with van der Waals surface area (Å²) in [7, 11) is 0. The fraction of sp³-hybridized carbons (Fsp3) is 0.167. The van der Waals surface area contributed by atoms with Crippen LogP contribution in [-0.2, 0) is 0 Å². The van der Waals surface area contributed by atoms with E-state index in [2.05, 4.69) is 15.5 Å². The van der Waals surface area contributed by atoms with Crippen LogP contribution in [0.4, 0.5) is 15.8 Å². The molecule has 0 spiro atoms. The summed E-state index contributed by atoms with van der Waals surface area (Å²) >= 11 is 0. The maximum Gasteiger partial charge on any atom is 0.273 e. The van der Waals surface area contributed by atoms with E-state index in [-0.39, 0.29) is 5.56 Å². The third-order valence-electron chi connectivity index (χ3n) is 2.72. The van der Waals surface area contributed by atoms with Gasteiger partial charge in [-0.2, -0.15) is 5.10 Å². The lowest BCUT2D eigenvalue weighted by molar-refractivity contribution is -0.385. The second-order valence-corrected chi connectivity index (χ2v) is 4.22. The molecule has 0 saturated heterocycles. The third-order valence-corrected chi connectivity index (χ3v) is 2.72. The molecule has 0 atom stereocenters. The lowest BCUT2D eigenvalue weighted by Crippen LogP contribution is -2.13. The van der Waals surface area contributed by atoms with Gasteiger partial charge in [-0.3, -0.25) is 20.0 Å². The number of nitro benzene ring substituents is 1. The van der Waals surface area contributed by atoms with Crippen LogP contribution in [0.25, 0.3) is 0 Å². The quantitative estimate of drug-likeness (QED) is 0.664. The largest absolute Gasteiger partial charge is 0.319 e. The van der Waals surface area contributed by atoms with Crippen molar-refractivity contribution >= 4 is 17.3 Å². The van der Waals surface area contributed by atoms with E-state index >= 15 is 0 Å². The van der Waals surface area contributed by atoms with Crippen molar-refractivity contribution in [2.45, 2.75) is 13.8 Å². The topological polar surface area (TPSA) is 101 Å². The number of aryl methyl sites for hydroxylation is 2. The van der Waals surface area contributed by atoms with Crippen molar-refractivity contribution in [3.05, 3.63) is 51.1 Å². The summed E-state index contributed by atoms with van der Waals surface area (Å²) in [5.41, 5.74) is 1.08. The van der Waals surface area contributed by atoms with Crippen LogP contribution in [0.2, 0.25) is 0 Å². The predicted molar refractivity (Wildman–Crippen MR) is 69.1 cm³/mol. The van der Waals surface area contributed by atoms with Crippen LogP contribution in [0.5, 0.6) is 0 Å². The molecule has 2 rings (SSSR count). The number of hydrogen-bond acceptors (Lipinski definition) is 4. The van der Waals surface area contributed by atoms with Gasteiger partial charge in [0.2, 0.25) is 0 Å². The van der Waals surface area contributed by atoms with Gasteiger partial charge in [-0.25, -0.2) is 4.39 Å². The van der Waals surface area contributed by atoms with Crippen molar-refractivity contribution in [2.75, 3.05) is 5.32 Å². The number of rotatable bonds is 3. The predicted octanol–water partition coefficient (Wildman–Crippen LogP) is 2.33. The summed E-state index contributed by atoms with van der Waals surface area (Å²) in [6.45, 7) is 3.40. The van der Waals surface area contributed by atoms with Crippen molar-refractivity contribution in [3.8, 4) is 0 Å². The molecule has 0 unspecified atom stereocenters. The van der Waals surface area contributed by atoms with Crippen molar-refractivity contribution in [2.24, 2.45) is 0 Å². The number of benzene rings is 1. The van der Waals surface area contributed by atoms with Gasteiger partial charge in [-0.1, -0.05) is 0 Å². The highest BCUT2D eigenvalue weighted by molar-refractivity contribution is 6.05. The van der Waals surface area contributed by atoms with Gasteiger partial charge < -0.3 is 5.32 Å². The Bertz CT molecular complexity index is 677. The Morgan fingerprint density at radius 2 is 2.10 bits per heavy atom. The summed E-state index contributed by atoms with van der Waals surface area (Å²) in [5.74, 6) is -1.48. The van der Waals surface area contributed by atoms with Crippen molar-refractivity contribution in [1.82, 2.24) is 10.2 Å². The maximum atomic E-state index is 13.3.